The van der Waals surface area contributed by atoms with Crippen LogP contribution >= 0.6 is 0 Å². The van der Waals surface area contributed by atoms with Crippen LogP contribution in [0.1, 0.15) is 24.7 Å². The molecule has 0 fully saturated rings. The van der Waals surface area contributed by atoms with E-state index in [9.17, 15) is 9.59 Å². The molecule has 0 spiro atoms. The summed E-state index contributed by atoms with van der Waals surface area (Å²) in [5, 5.41) is 5.22. The average Bonchev–Trinajstić information content (AvgIpc) is 3.05. The van der Waals surface area contributed by atoms with E-state index in [1.165, 1.54) is 11.8 Å². The van der Waals surface area contributed by atoms with Gasteiger partial charge >= 0.3 is 11.8 Å². The van der Waals surface area contributed by atoms with Gasteiger partial charge in [-0.25, -0.2) is 0 Å². The first-order chi connectivity index (χ1) is 10.6. The zero-order valence-electron chi connectivity index (χ0n) is 12.5. The highest BCUT2D eigenvalue weighted by Crippen LogP contribution is 2.04. The van der Waals surface area contributed by atoms with Gasteiger partial charge in [0.25, 0.3) is 0 Å². The topological polar surface area (TPSA) is 71.3 Å². The normalized spacial score (nSPS) is 11.7. The highest BCUT2D eigenvalue weighted by molar-refractivity contribution is 6.35. The second-order valence-electron chi connectivity index (χ2n) is 5.16. The zero-order valence-corrected chi connectivity index (χ0v) is 12.5. The van der Waals surface area contributed by atoms with Crippen molar-refractivity contribution in [1.82, 2.24) is 10.6 Å². The van der Waals surface area contributed by atoms with Gasteiger partial charge in [0, 0.05) is 6.04 Å². The summed E-state index contributed by atoms with van der Waals surface area (Å²) in [5.74, 6) is -0.659. The summed E-state index contributed by atoms with van der Waals surface area (Å²) in [7, 11) is 0. The minimum atomic E-state index is -0.650. The van der Waals surface area contributed by atoms with E-state index in [0.717, 1.165) is 12.8 Å². The molecule has 116 valence electrons. The monoisotopic (exact) mass is 300 g/mol. The van der Waals surface area contributed by atoms with E-state index < -0.39 is 11.8 Å². The highest BCUT2D eigenvalue weighted by atomic mass is 16.3. The fourth-order valence-electron chi connectivity index (χ4n) is 2.05. The van der Waals surface area contributed by atoms with Crippen molar-refractivity contribution < 1.29 is 14.0 Å². The van der Waals surface area contributed by atoms with Crippen LogP contribution < -0.4 is 10.6 Å². The van der Waals surface area contributed by atoms with E-state index in [4.69, 9.17) is 4.42 Å². The van der Waals surface area contributed by atoms with Crippen LogP contribution in [0.2, 0.25) is 0 Å². The lowest BCUT2D eigenvalue weighted by Crippen LogP contribution is -2.43. The van der Waals surface area contributed by atoms with Crippen LogP contribution in [0, 0.1) is 0 Å². The predicted molar refractivity (Wildman–Crippen MR) is 82.9 cm³/mol. The first-order valence-corrected chi connectivity index (χ1v) is 7.30. The maximum atomic E-state index is 11.8. The molecule has 5 heteroatoms. The van der Waals surface area contributed by atoms with E-state index in [2.05, 4.69) is 10.6 Å². The van der Waals surface area contributed by atoms with Gasteiger partial charge in [-0.15, -0.1) is 0 Å². The number of furan rings is 1. The third-order valence-electron chi connectivity index (χ3n) is 3.30. The Balaban J connectivity index is 1.70. The fraction of sp³-hybridized carbons (Fsp3) is 0.294. The summed E-state index contributed by atoms with van der Waals surface area (Å²) in [6.45, 7) is 2.10. The molecule has 0 radical (unpaired) electrons. The van der Waals surface area contributed by atoms with Crippen molar-refractivity contribution >= 4 is 11.8 Å². The summed E-state index contributed by atoms with van der Waals surface area (Å²) in [6, 6.07) is 13.4. The van der Waals surface area contributed by atoms with Crippen LogP contribution in [0.25, 0.3) is 0 Å². The fourth-order valence-corrected chi connectivity index (χ4v) is 2.05. The summed E-state index contributed by atoms with van der Waals surface area (Å²) in [5.41, 5.74) is 1.21. The Morgan fingerprint density at radius 2 is 1.86 bits per heavy atom. The molecule has 0 saturated carbocycles. The Labute approximate surface area is 129 Å². The molecule has 22 heavy (non-hydrogen) atoms. The van der Waals surface area contributed by atoms with Crippen molar-refractivity contribution in [2.75, 3.05) is 0 Å². The van der Waals surface area contributed by atoms with Gasteiger partial charge in [0.05, 0.1) is 12.8 Å². The highest BCUT2D eigenvalue weighted by Gasteiger charge is 2.16. The van der Waals surface area contributed by atoms with Gasteiger partial charge in [0.1, 0.15) is 5.76 Å². The number of aryl methyl sites for hydroxylation is 1. The molecule has 0 aliphatic heterocycles. The van der Waals surface area contributed by atoms with E-state index >= 15 is 0 Å². The number of hydrogen-bond donors (Lipinski definition) is 2. The Bertz CT molecular complexity index is 594. The minimum Gasteiger partial charge on any atom is -0.467 e. The van der Waals surface area contributed by atoms with Crippen molar-refractivity contribution in [3.8, 4) is 0 Å². The van der Waals surface area contributed by atoms with E-state index in [-0.39, 0.29) is 12.6 Å². The molecular weight excluding hydrogens is 280 g/mol. The summed E-state index contributed by atoms with van der Waals surface area (Å²) in [4.78, 5) is 23.5. The quantitative estimate of drug-likeness (QED) is 0.802. The Kier molecular flexibility index (Phi) is 5.77. The van der Waals surface area contributed by atoms with Crippen molar-refractivity contribution in [1.29, 1.82) is 0 Å². The number of carbonyl (C=O) groups excluding carboxylic acids is 2. The van der Waals surface area contributed by atoms with Crippen LogP contribution in [0.3, 0.4) is 0 Å². The molecule has 0 bridgehead atoms. The molecule has 1 aromatic carbocycles. The van der Waals surface area contributed by atoms with Crippen molar-refractivity contribution in [2.24, 2.45) is 0 Å². The minimum absolute atomic E-state index is 0.0675. The smallest absolute Gasteiger partial charge is 0.309 e. The largest absolute Gasteiger partial charge is 0.467 e. The molecule has 2 aromatic rings. The number of carbonyl (C=O) groups is 2. The SMILES string of the molecule is CC(CCc1ccccc1)NC(=O)C(=O)NCc1ccco1. The molecule has 2 rings (SSSR count). The first kappa shape index (κ1) is 15.8. The lowest BCUT2D eigenvalue weighted by atomic mass is 10.1. The predicted octanol–water partition coefficient (Wildman–Crippen LogP) is 2.03. The van der Waals surface area contributed by atoms with Crippen LogP contribution in [0.4, 0.5) is 0 Å². The maximum Gasteiger partial charge on any atom is 0.309 e. The van der Waals surface area contributed by atoms with Crippen LogP contribution in [-0.2, 0) is 22.6 Å². The van der Waals surface area contributed by atoms with Gasteiger partial charge in [-0.3, -0.25) is 9.59 Å². The maximum absolute atomic E-state index is 11.8. The summed E-state index contributed by atoms with van der Waals surface area (Å²) >= 11 is 0. The lowest BCUT2D eigenvalue weighted by Gasteiger charge is -2.13. The molecule has 0 saturated heterocycles. The number of nitrogens with one attached hydrogen (secondary N) is 2. The van der Waals surface area contributed by atoms with E-state index in [0.29, 0.717) is 5.76 Å². The molecule has 0 aliphatic rings. The molecule has 2 N–H and O–H groups in total. The van der Waals surface area contributed by atoms with E-state index in [1.54, 1.807) is 12.1 Å². The molecule has 0 aliphatic carbocycles. The third kappa shape index (κ3) is 5.09. The van der Waals surface area contributed by atoms with Gasteiger partial charge in [-0.1, -0.05) is 30.3 Å². The summed E-state index contributed by atoms with van der Waals surface area (Å²) in [6.07, 6.45) is 3.16. The van der Waals surface area contributed by atoms with Gasteiger partial charge in [-0.05, 0) is 37.5 Å². The third-order valence-corrected chi connectivity index (χ3v) is 3.30. The summed E-state index contributed by atoms with van der Waals surface area (Å²) < 4.78 is 5.09. The van der Waals surface area contributed by atoms with Crippen molar-refractivity contribution in [3.63, 3.8) is 0 Å². The number of benzene rings is 1. The molecule has 1 aromatic heterocycles. The lowest BCUT2D eigenvalue weighted by molar-refractivity contribution is -0.139. The Hall–Kier alpha value is -2.56. The van der Waals surface area contributed by atoms with Gasteiger partial charge < -0.3 is 15.1 Å². The first-order valence-electron chi connectivity index (χ1n) is 7.30. The molecule has 1 heterocycles. The standard InChI is InChI=1S/C17H20N2O3/c1-13(9-10-14-6-3-2-4-7-14)19-17(21)16(20)18-12-15-8-5-11-22-15/h2-8,11,13H,9-10,12H2,1H3,(H,18,20)(H,19,21). The molecule has 5 nitrogen and oxygen atoms in total. The molecule has 1 atom stereocenters. The van der Waals surface area contributed by atoms with Crippen molar-refractivity contribution in [3.05, 3.63) is 60.1 Å². The van der Waals surface area contributed by atoms with Gasteiger partial charge in [0.15, 0.2) is 0 Å². The van der Waals surface area contributed by atoms with Crippen LogP contribution in [0.15, 0.2) is 53.1 Å². The van der Waals surface area contributed by atoms with E-state index in [1.807, 2.05) is 37.3 Å². The molecule has 2 amide bonds. The Morgan fingerprint density at radius 1 is 1.09 bits per heavy atom. The average molecular weight is 300 g/mol. The zero-order chi connectivity index (χ0) is 15.8. The second kappa shape index (κ2) is 8.02. The van der Waals surface area contributed by atoms with Gasteiger partial charge in [-0.2, -0.15) is 0 Å². The number of amides is 2. The van der Waals surface area contributed by atoms with Crippen LogP contribution in [-0.4, -0.2) is 17.9 Å². The second-order valence-corrected chi connectivity index (χ2v) is 5.16. The molecular formula is C17H20N2O3. The van der Waals surface area contributed by atoms with Gasteiger partial charge in [0.2, 0.25) is 0 Å². The number of rotatable bonds is 6. The van der Waals surface area contributed by atoms with Crippen LogP contribution in [0.5, 0.6) is 0 Å². The van der Waals surface area contributed by atoms with Crippen molar-refractivity contribution in [2.45, 2.75) is 32.4 Å². The number of hydrogen-bond acceptors (Lipinski definition) is 3. The molecule has 1 unspecified atom stereocenters. The Morgan fingerprint density at radius 3 is 2.55 bits per heavy atom.